The molecule has 1 aromatic rings. The van der Waals surface area contributed by atoms with Crippen molar-refractivity contribution >= 4 is 5.97 Å². The molecular weight excluding hydrogens is 640 g/mol. The SMILES string of the molecule is CCCCCCCCc1ccc(OCCOCCOCCOCCOCCOCCOCCOCCOCCOCCOCC(=O)O)cc1. The van der Waals surface area contributed by atoms with E-state index in [1.54, 1.807) is 0 Å². The van der Waals surface area contributed by atoms with Gasteiger partial charge in [-0.25, -0.2) is 4.79 Å². The van der Waals surface area contributed by atoms with E-state index < -0.39 is 5.97 Å². The molecule has 13 nitrogen and oxygen atoms in total. The fourth-order valence-corrected chi connectivity index (χ4v) is 4.22. The van der Waals surface area contributed by atoms with Gasteiger partial charge < -0.3 is 57.2 Å². The first-order chi connectivity index (χ1) is 24.2. The molecule has 1 N–H and O–H groups in total. The molecule has 49 heavy (non-hydrogen) atoms. The van der Waals surface area contributed by atoms with Crippen LogP contribution in [0.15, 0.2) is 24.3 Å². The molecule has 0 aliphatic heterocycles. The quantitative estimate of drug-likeness (QED) is 0.0977. The third-order valence-electron chi connectivity index (χ3n) is 6.81. The molecule has 0 fully saturated rings. The van der Waals surface area contributed by atoms with Crippen LogP contribution in [0.1, 0.15) is 51.0 Å². The number of ether oxygens (including phenoxy) is 11. The van der Waals surface area contributed by atoms with Gasteiger partial charge in [-0.3, -0.25) is 0 Å². The van der Waals surface area contributed by atoms with Crippen LogP contribution in [0.3, 0.4) is 0 Å². The van der Waals surface area contributed by atoms with Crippen LogP contribution in [-0.2, 0) is 58.6 Å². The van der Waals surface area contributed by atoms with E-state index in [1.165, 1.54) is 44.1 Å². The predicted octanol–water partition coefficient (Wildman–Crippen LogP) is 4.22. The van der Waals surface area contributed by atoms with E-state index in [0.717, 1.165) is 12.2 Å². The maximum atomic E-state index is 10.3. The number of carboxylic acid groups (broad SMARTS) is 1. The highest BCUT2D eigenvalue weighted by atomic mass is 16.6. The molecule has 0 aromatic heterocycles. The molecule has 0 heterocycles. The minimum atomic E-state index is -0.994. The van der Waals surface area contributed by atoms with Crippen LogP contribution in [0.2, 0.25) is 0 Å². The normalized spacial score (nSPS) is 11.4. The molecule has 0 aliphatic rings. The fourth-order valence-electron chi connectivity index (χ4n) is 4.22. The number of carbonyl (C=O) groups is 1. The molecule has 0 radical (unpaired) electrons. The Morgan fingerprint density at radius 2 is 0.776 bits per heavy atom. The molecular formula is C36H64O13. The van der Waals surface area contributed by atoms with Crippen LogP contribution >= 0.6 is 0 Å². The summed E-state index contributed by atoms with van der Waals surface area (Å²) in [6.07, 6.45) is 9.06. The second-order valence-corrected chi connectivity index (χ2v) is 11.0. The number of carboxylic acids is 1. The number of hydrogen-bond acceptors (Lipinski definition) is 12. The van der Waals surface area contributed by atoms with Crippen molar-refractivity contribution in [2.45, 2.75) is 51.9 Å². The topological polar surface area (TPSA) is 139 Å². The number of hydrogen-bond donors (Lipinski definition) is 1. The zero-order valence-electron chi connectivity index (χ0n) is 30.0. The van der Waals surface area contributed by atoms with Crippen molar-refractivity contribution in [1.82, 2.24) is 0 Å². The Morgan fingerprint density at radius 1 is 0.449 bits per heavy atom. The number of rotatable bonds is 40. The molecule has 13 heteroatoms. The van der Waals surface area contributed by atoms with E-state index >= 15 is 0 Å². The lowest BCUT2D eigenvalue weighted by Gasteiger charge is -2.09. The summed E-state index contributed by atoms with van der Waals surface area (Å²) in [6, 6.07) is 8.41. The molecule has 1 rings (SSSR count). The van der Waals surface area contributed by atoms with Gasteiger partial charge in [-0.1, -0.05) is 51.2 Å². The van der Waals surface area contributed by atoms with Gasteiger partial charge >= 0.3 is 5.97 Å². The van der Waals surface area contributed by atoms with E-state index in [9.17, 15) is 4.79 Å². The zero-order valence-corrected chi connectivity index (χ0v) is 30.0. The monoisotopic (exact) mass is 704 g/mol. The zero-order chi connectivity index (χ0) is 35.1. The molecule has 0 saturated carbocycles. The molecule has 0 unspecified atom stereocenters. The highest BCUT2D eigenvalue weighted by molar-refractivity contribution is 5.67. The van der Waals surface area contributed by atoms with E-state index in [0.29, 0.717) is 126 Å². The highest BCUT2D eigenvalue weighted by Gasteiger charge is 2.00. The second kappa shape index (κ2) is 37.3. The Bertz CT molecular complexity index is 813. The van der Waals surface area contributed by atoms with Crippen LogP contribution in [0, 0.1) is 0 Å². The Balaban J connectivity index is 1.69. The number of aliphatic carboxylic acids is 1. The molecule has 286 valence electrons. The van der Waals surface area contributed by atoms with Gasteiger partial charge in [-0.2, -0.15) is 0 Å². The fraction of sp³-hybridized carbons (Fsp3) is 0.806. The van der Waals surface area contributed by atoms with Gasteiger partial charge in [0.2, 0.25) is 0 Å². The van der Waals surface area contributed by atoms with Gasteiger partial charge in [-0.05, 0) is 30.5 Å². The first-order valence-corrected chi connectivity index (χ1v) is 17.9. The Hall–Kier alpha value is -1.91. The van der Waals surface area contributed by atoms with Crippen LogP contribution in [0.5, 0.6) is 5.75 Å². The lowest BCUT2D eigenvalue weighted by molar-refractivity contribution is -0.142. The van der Waals surface area contributed by atoms with E-state index in [-0.39, 0.29) is 13.2 Å². The molecule has 1 aromatic carbocycles. The van der Waals surface area contributed by atoms with E-state index in [2.05, 4.69) is 19.1 Å². The standard InChI is InChI=1S/C36H64O13/c1-2-3-4-5-6-7-8-34-9-11-35(12-10-34)49-32-31-47-28-27-45-24-23-43-20-19-41-16-15-39-13-14-40-17-18-42-21-22-44-25-26-46-29-30-48-33-36(37)38/h9-12H,2-8,13-33H2,1H3,(H,37,38). The largest absolute Gasteiger partial charge is 0.491 e. The Morgan fingerprint density at radius 3 is 1.14 bits per heavy atom. The van der Waals surface area contributed by atoms with Crippen molar-refractivity contribution in [1.29, 1.82) is 0 Å². The number of aryl methyl sites for hydroxylation is 1. The maximum Gasteiger partial charge on any atom is 0.329 e. The van der Waals surface area contributed by atoms with Crippen LogP contribution < -0.4 is 4.74 Å². The van der Waals surface area contributed by atoms with Crippen molar-refractivity contribution in [3.05, 3.63) is 29.8 Å². The van der Waals surface area contributed by atoms with Crippen molar-refractivity contribution in [3.8, 4) is 5.75 Å². The van der Waals surface area contributed by atoms with Crippen LogP contribution in [0.25, 0.3) is 0 Å². The lowest BCUT2D eigenvalue weighted by Crippen LogP contribution is -2.15. The summed E-state index contributed by atoms with van der Waals surface area (Å²) in [4.78, 5) is 10.3. The number of unbranched alkanes of at least 4 members (excludes halogenated alkanes) is 5. The van der Waals surface area contributed by atoms with Gasteiger partial charge in [0, 0.05) is 0 Å². The second-order valence-electron chi connectivity index (χ2n) is 11.0. The molecule has 0 atom stereocenters. The predicted molar refractivity (Wildman–Crippen MR) is 185 cm³/mol. The summed E-state index contributed by atoms with van der Waals surface area (Å²) < 4.78 is 59.7. The van der Waals surface area contributed by atoms with Gasteiger partial charge in [0.15, 0.2) is 0 Å². The third kappa shape index (κ3) is 34.3. The minimum absolute atomic E-state index is 0.243. The van der Waals surface area contributed by atoms with Crippen molar-refractivity contribution in [3.63, 3.8) is 0 Å². The average molecular weight is 705 g/mol. The molecule has 0 aliphatic carbocycles. The summed E-state index contributed by atoms with van der Waals surface area (Å²) in [5.74, 6) is -0.115. The molecule has 0 amide bonds. The summed E-state index contributed by atoms with van der Waals surface area (Å²) in [7, 11) is 0. The van der Waals surface area contributed by atoms with E-state index in [4.69, 9.17) is 57.2 Å². The van der Waals surface area contributed by atoms with Gasteiger partial charge in [0.25, 0.3) is 0 Å². The van der Waals surface area contributed by atoms with Gasteiger partial charge in [0.1, 0.15) is 19.0 Å². The van der Waals surface area contributed by atoms with Gasteiger partial charge in [-0.15, -0.1) is 0 Å². The van der Waals surface area contributed by atoms with Crippen molar-refractivity contribution in [2.24, 2.45) is 0 Å². The Labute approximate surface area is 294 Å². The maximum absolute atomic E-state index is 10.3. The molecule has 0 saturated heterocycles. The first kappa shape index (κ1) is 45.1. The van der Waals surface area contributed by atoms with Crippen LogP contribution in [-0.4, -0.2) is 150 Å². The molecule has 0 spiro atoms. The van der Waals surface area contributed by atoms with Crippen molar-refractivity contribution < 1.29 is 62.0 Å². The summed E-state index contributed by atoms with van der Waals surface area (Å²) in [5, 5.41) is 8.43. The lowest BCUT2D eigenvalue weighted by atomic mass is 10.0. The average Bonchev–Trinajstić information content (AvgIpc) is 3.10. The van der Waals surface area contributed by atoms with E-state index in [1.807, 2.05) is 12.1 Å². The molecule has 0 bridgehead atoms. The number of benzene rings is 1. The minimum Gasteiger partial charge on any atom is -0.491 e. The Kier molecular flexibility index (Phi) is 34.4. The van der Waals surface area contributed by atoms with Gasteiger partial charge in [0.05, 0.1) is 126 Å². The third-order valence-corrected chi connectivity index (χ3v) is 6.81. The summed E-state index contributed by atoms with van der Waals surface area (Å²) in [5.41, 5.74) is 1.37. The summed E-state index contributed by atoms with van der Waals surface area (Å²) >= 11 is 0. The highest BCUT2D eigenvalue weighted by Crippen LogP contribution is 2.15. The van der Waals surface area contributed by atoms with Crippen molar-refractivity contribution in [2.75, 3.05) is 139 Å². The smallest absolute Gasteiger partial charge is 0.329 e. The van der Waals surface area contributed by atoms with Crippen LogP contribution in [0.4, 0.5) is 0 Å². The first-order valence-electron chi connectivity index (χ1n) is 17.9. The summed E-state index contributed by atoms with van der Waals surface area (Å²) in [6.45, 7) is 11.3.